The molecule has 1 aliphatic heterocycles. The molecule has 0 bridgehead atoms. The van der Waals surface area contributed by atoms with E-state index >= 15 is 0 Å². The van der Waals surface area contributed by atoms with Crippen LogP contribution in [0.15, 0.2) is 29.8 Å². The van der Waals surface area contributed by atoms with Gasteiger partial charge in [0.2, 0.25) is 5.28 Å². The topological polar surface area (TPSA) is 78.4 Å². The van der Waals surface area contributed by atoms with Crippen LogP contribution in [0.2, 0.25) is 5.28 Å². The summed E-state index contributed by atoms with van der Waals surface area (Å²) in [5.74, 6) is 1.29. The van der Waals surface area contributed by atoms with E-state index in [-0.39, 0.29) is 11.4 Å². The van der Waals surface area contributed by atoms with Crippen molar-refractivity contribution < 1.29 is 14.2 Å². The second-order valence-electron chi connectivity index (χ2n) is 5.65. The van der Waals surface area contributed by atoms with E-state index in [2.05, 4.69) is 20.3 Å². The maximum absolute atomic E-state index is 6.13. The number of thiazole rings is 1. The normalized spacial score (nSPS) is 17.3. The van der Waals surface area contributed by atoms with Gasteiger partial charge in [-0.05, 0) is 23.7 Å². The monoisotopic (exact) mass is 392 g/mol. The maximum Gasteiger partial charge on any atom is 0.225 e. The summed E-state index contributed by atoms with van der Waals surface area (Å²) in [6, 6.07) is 5.70. The third-order valence-electron chi connectivity index (χ3n) is 3.86. The molecule has 0 amide bonds. The fourth-order valence-corrected chi connectivity index (χ4v) is 3.39. The van der Waals surface area contributed by atoms with Gasteiger partial charge in [0.15, 0.2) is 0 Å². The highest BCUT2D eigenvalue weighted by Crippen LogP contribution is 2.30. The molecule has 26 heavy (non-hydrogen) atoms. The zero-order valence-electron chi connectivity index (χ0n) is 13.9. The summed E-state index contributed by atoms with van der Waals surface area (Å²) in [5, 5.41) is 7.18. The van der Waals surface area contributed by atoms with Crippen molar-refractivity contribution in [2.24, 2.45) is 0 Å². The van der Waals surface area contributed by atoms with E-state index in [1.54, 1.807) is 17.5 Å². The van der Waals surface area contributed by atoms with Gasteiger partial charge in [0.1, 0.15) is 34.8 Å². The summed E-state index contributed by atoms with van der Waals surface area (Å²) in [7, 11) is 0. The average molecular weight is 393 g/mol. The number of para-hydroxylation sites is 1. The highest BCUT2D eigenvalue weighted by Gasteiger charge is 2.17. The molecule has 7 nitrogen and oxygen atoms in total. The number of ether oxygens (including phenoxy) is 3. The Bertz CT molecular complexity index is 872. The lowest BCUT2D eigenvalue weighted by atomic mass is 10.2. The first-order valence-corrected chi connectivity index (χ1v) is 9.46. The van der Waals surface area contributed by atoms with Crippen LogP contribution in [-0.4, -0.2) is 47.5 Å². The average Bonchev–Trinajstić information content (AvgIpc) is 3.19. The summed E-state index contributed by atoms with van der Waals surface area (Å²) < 4.78 is 16.9. The molecule has 1 aliphatic rings. The summed E-state index contributed by atoms with van der Waals surface area (Å²) in [5.41, 5.74) is 0.658. The molecule has 1 N–H and O–H groups in total. The summed E-state index contributed by atoms with van der Waals surface area (Å²) in [6.45, 7) is 2.70. The lowest BCUT2D eigenvalue weighted by molar-refractivity contribution is -0.101. The predicted molar refractivity (Wildman–Crippen MR) is 100 cm³/mol. The van der Waals surface area contributed by atoms with Crippen molar-refractivity contribution in [2.45, 2.75) is 12.6 Å². The molecule has 0 aliphatic carbocycles. The Balaban J connectivity index is 1.56. The number of aromatic nitrogens is 3. The van der Waals surface area contributed by atoms with E-state index in [9.17, 15) is 0 Å². The smallest absolute Gasteiger partial charge is 0.225 e. The first kappa shape index (κ1) is 17.4. The fourth-order valence-electron chi connectivity index (χ4n) is 2.66. The van der Waals surface area contributed by atoms with Crippen LogP contribution >= 0.6 is 22.9 Å². The Morgan fingerprint density at radius 3 is 3.08 bits per heavy atom. The van der Waals surface area contributed by atoms with Crippen molar-refractivity contribution >= 4 is 39.7 Å². The van der Waals surface area contributed by atoms with Crippen LogP contribution in [0.4, 0.5) is 5.82 Å². The fraction of sp³-hybridized carbons (Fsp3) is 0.353. The largest absolute Gasteiger partial charge is 0.488 e. The number of hydrogen-bond acceptors (Lipinski definition) is 8. The van der Waals surface area contributed by atoms with Gasteiger partial charge in [0.25, 0.3) is 0 Å². The van der Waals surface area contributed by atoms with Crippen LogP contribution in [0.1, 0.15) is 5.01 Å². The second kappa shape index (κ2) is 8.13. The quantitative estimate of drug-likeness (QED) is 0.645. The minimum absolute atomic E-state index is 0.0844. The predicted octanol–water partition coefficient (Wildman–Crippen LogP) is 3.15. The molecular weight excluding hydrogens is 376 g/mol. The van der Waals surface area contributed by atoms with Gasteiger partial charge in [-0.15, -0.1) is 11.3 Å². The molecule has 0 radical (unpaired) electrons. The van der Waals surface area contributed by atoms with Crippen LogP contribution in [0, 0.1) is 0 Å². The molecule has 1 atom stereocenters. The van der Waals surface area contributed by atoms with Crippen LogP contribution in [0.5, 0.6) is 5.75 Å². The summed E-state index contributed by atoms with van der Waals surface area (Å²) in [6.07, 6.45) is 1.69. The summed E-state index contributed by atoms with van der Waals surface area (Å²) in [4.78, 5) is 12.9. The number of nitrogens with zero attached hydrogens (tertiary/aromatic N) is 3. The number of nitrogens with one attached hydrogen (secondary N) is 1. The van der Waals surface area contributed by atoms with Crippen LogP contribution in [-0.2, 0) is 16.0 Å². The number of anilines is 1. The highest BCUT2D eigenvalue weighted by molar-refractivity contribution is 7.09. The number of halogens is 1. The van der Waals surface area contributed by atoms with Crippen LogP contribution in [0.3, 0.4) is 0 Å². The molecule has 3 heterocycles. The molecule has 0 spiro atoms. The molecule has 9 heteroatoms. The van der Waals surface area contributed by atoms with Gasteiger partial charge in [-0.2, -0.15) is 0 Å². The van der Waals surface area contributed by atoms with Crippen LogP contribution in [0.25, 0.3) is 10.9 Å². The zero-order valence-corrected chi connectivity index (χ0v) is 15.4. The number of hydrogen-bond donors (Lipinski definition) is 1. The SMILES string of the molecule is Clc1nc(NCc2nccs2)c2cccc(OCC3COCCO3)c2n1. The Morgan fingerprint density at radius 1 is 1.31 bits per heavy atom. The molecule has 3 aromatic rings. The zero-order chi connectivity index (χ0) is 17.8. The van der Waals surface area contributed by atoms with E-state index < -0.39 is 0 Å². The van der Waals surface area contributed by atoms with Gasteiger partial charge >= 0.3 is 0 Å². The molecule has 0 saturated carbocycles. The van der Waals surface area contributed by atoms with Crippen molar-refractivity contribution in [1.29, 1.82) is 0 Å². The number of benzene rings is 1. The Kier molecular flexibility index (Phi) is 5.45. The van der Waals surface area contributed by atoms with Gasteiger partial charge in [0.05, 0.1) is 26.4 Å². The molecule has 136 valence electrons. The standard InChI is InChI=1S/C17H17ClN4O3S/c18-17-21-15-12(16(22-17)20-8-14-19-4-7-26-14)2-1-3-13(15)25-10-11-9-23-5-6-24-11/h1-4,7,11H,5-6,8-10H2,(H,20,21,22). The van der Waals surface area contributed by atoms with Gasteiger partial charge < -0.3 is 19.5 Å². The van der Waals surface area contributed by atoms with Crippen molar-refractivity contribution in [2.75, 3.05) is 31.7 Å². The van der Waals surface area contributed by atoms with Gasteiger partial charge in [-0.25, -0.2) is 15.0 Å². The Morgan fingerprint density at radius 2 is 2.27 bits per heavy atom. The lowest BCUT2D eigenvalue weighted by Gasteiger charge is -2.23. The Hall–Kier alpha value is -2.00. The third kappa shape index (κ3) is 4.04. The second-order valence-corrected chi connectivity index (χ2v) is 6.97. The summed E-state index contributed by atoms with van der Waals surface area (Å²) >= 11 is 7.71. The van der Waals surface area contributed by atoms with Gasteiger partial charge in [-0.3, -0.25) is 0 Å². The highest BCUT2D eigenvalue weighted by atomic mass is 35.5. The third-order valence-corrected chi connectivity index (χ3v) is 4.81. The van der Waals surface area contributed by atoms with Crippen molar-refractivity contribution in [3.05, 3.63) is 40.1 Å². The molecule has 1 aromatic carbocycles. The van der Waals surface area contributed by atoms with Crippen molar-refractivity contribution in [3.63, 3.8) is 0 Å². The van der Waals surface area contributed by atoms with Crippen LogP contribution < -0.4 is 10.1 Å². The number of fused-ring (bicyclic) bond motifs is 1. The van der Waals surface area contributed by atoms with Gasteiger partial charge in [0, 0.05) is 17.0 Å². The maximum atomic E-state index is 6.13. The molecule has 1 unspecified atom stereocenters. The van der Waals surface area contributed by atoms with Crippen molar-refractivity contribution in [1.82, 2.24) is 15.0 Å². The molecule has 4 rings (SSSR count). The molecule has 1 fully saturated rings. The van der Waals surface area contributed by atoms with E-state index in [0.29, 0.717) is 50.1 Å². The minimum atomic E-state index is -0.0844. The molecule has 2 aromatic heterocycles. The minimum Gasteiger partial charge on any atom is -0.488 e. The van der Waals surface area contributed by atoms with E-state index in [0.717, 1.165) is 10.4 Å². The first-order chi connectivity index (χ1) is 12.8. The molecular formula is C17H17ClN4O3S. The lowest BCUT2D eigenvalue weighted by Crippen LogP contribution is -2.33. The first-order valence-electron chi connectivity index (χ1n) is 8.20. The molecule has 1 saturated heterocycles. The van der Waals surface area contributed by atoms with Gasteiger partial charge in [-0.1, -0.05) is 6.07 Å². The number of rotatable bonds is 6. The van der Waals surface area contributed by atoms with E-state index in [1.165, 1.54) is 0 Å². The van der Waals surface area contributed by atoms with E-state index in [1.807, 2.05) is 23.6 Å². The van der Waals surface area contributed by atoms with Crippen molar-refractivity contribution in [3.8, 4) is 5.75 Å². The Labute approximate surface area is 159 Å². The van der Waals surface area contributed by atoms with E-state index in [4.69, 9.17) is 25.8 Å².